The average Bonchev–Trinajstić information content (AvgIpc) is 2.72. The largest absolute Gasteiger partial charge is 0.386 e. The van der Waals surface area contributed by atoms with Crippen LogP contribution < -0.4 is 0 Å². The molecule has 1 nitrogen and oxygen atoms in total. The van der Waals surface area contributed by atoms with E-state index in [1.807, 2.05) is 13.8 Å². The van der Waals surface area contributed by atoms with Gasteiger partial charge in [0, 0.05) is 8.07 Å². The number of unbranched alkanes of at least 4 members (excludes halogenated alkanes) is 1. The van der Waals surface area contributed by atoms with Gasteiger partial charge < -0.3 is 5.11 Å². The molecule has 0 aromatic rings. The second-order valence-electron chi connectivity index (χ2n) is 7.34. The highest BCUT2D eigenvalue weighted by Gasteiger charge is 2.24. The van der Waals surface area contributed by atoms with E-state index in [9.17, 15) is 5.11 Å². The molecule has 2 heteroatoms. The molecule has 19 heavy (non-hydrogen) atoms. The summed E-state index contributed by atoms with van der Waals surface area (Å²) in [4.78, 5) is 0. The molecule has 0 fully saturated rings. The number of allylic oxidation sites excluding steroid dienone is 5. The molecule has 0 radical (unpaired) electrons. The van der Waals surface area contributed by atoms with E-state index in [1.165, 1.54) is 24.0 Å². The standard InChI is InChI=1S/C17H30OSi/c1-17(2,18)16(14-19(3,4)5)13-9-8-12-15-10-6-7-11-15/h6,10-11,13,18H,7-9,12,14H2,1-5H3/b16-13+. The summed E-state index contributed by atoms with van der Waals surface area (Å²) in [6.07, 6.45) is 13.6. The molecule has 1 N–H and O–H groups in total. The number of rotatable bonds is 7. The normalized spacial score (nSPS) is 16.9. The van der Waals surface area contributed by atoms with Crippen LogP contribution in [0.5, 0.6) is 0 Å². The van der Waals surface area contributed by atoms with Crippen LogP contribution in [-0.4, -0.2) is 18.8 Å². The highest BCUT2D eigenvalue weighted by Crippen LogP contribution is 2.27. The quantitative estimate of drug-likeness (QED) is 0.391. The Morgan fingerprint density at radius 1 is 1.37 bits per heavy atom. The second-order valence-corrected chi connectivity index (χ2v) is 12.8. The molecule has 0 atom stereocenters. The molecule has 0 aromatic carbocycles. The van der Waals surface area contributed by atoms with Crippen molar-refractivity contribution in [3.8, 4) is 0 Å². The Morgan fingerprint density at radius 3 is 2.53 bits per heavy atom. The lowest BCUT2D eigenvalue weighted by Crippen LogP contribution is -2.29. The summed E-state index contributed by atoms with van der Waals surface area (Å²) in [5.41, 5.74) is 2.05. The lowest BCUT2D eigenvalue weighted by molar-refractivity contribution is 0.119. The fourth-order valence-electron chi connectivity index (χ4n) is 2.38. The molecule has 0 saturated heterocycles. The maximum absolute atomic E-state index is 10.3. The van der Waals surface area contributed by atoms with E-state index in [0.717, 1.165) is 18.9 Å². The van der Waals surface area contributed by atoms with Crippen LogP contribution in [0, 0.1) is 0 Å². The summed E-state index contributed by atoms with van der Waals surface area (Å²) in [5.74, 6) is 0. The van der Waals surface area contributed by atoms with Gasteiger partial charge >= 0.3 is 0 Å². The fourth-order valence-corrected chi connectivity index (χ4v) is 4.10. The van der Waals surface area contributed by atoms with Crippen molar-refractivity contribution in [1.29, 1.82) is 0 Å². The van der Waals surface area contributed by atoms with Crippen molar-refractivity contribution >= 4 is 8.07 Å². The van der Waals surface area contributed by atoms with Gasteiger partial charge in [0.2, 0.25) is 0 Å². The smallest absolute Gasteiger partial charge is 0.0797 e. The van der Waals surface area contributed by atoms with Crippen LogP contribution in [0.1, 0.15) is 39.5 Å². The van der Waals surface area contributed by atoms with Gasteiger partial charge in [-0.1, -0.05) is 49.5 Å². The van der Waals surface area contributed by atoms with Crippen LogP contribution in [-0.2, 0) is 0 Å². The molecular weight excluding hydrogens is 248 g/mol. The molecule has 1 aliphatic rings. The predicted molar refractivity (Wildman–Crippen MR) is 88.2 cm³/mol. The minimum Gasteiger partial charge on any atom is -0.386 e. The molecule has 1 aliphatic carbocycles. The van der Waals surface area contributed by atoms with E-state index >= 15 is 0 Å². The molecule has 108 valence electrons. The van der Waals surface area contributed by atoms with Crippen LogP contribution in [0.2, 0.25) is 25.7 Å². The first-order chi connectivity index (χ1) is 8.68. The number of hydrogen-bond acceptors (Lipinski definition) is 1. The topological polar surface area (TPSA) is 20.2 Å². The molecule has 0 amide bonds. The summed E-state index contributed by atoms with van der Waals surface area (Å²) in [6.45, 7) is 10.9. The van der Waals surface area contributed by atoms with Crippen molar-refractivity contribution in [2.24, 2.45) is 0 Å². The first-order valence-electron chi connectivity index (χ1n) is 7.46. The summed E-state index contributed by atoms with van der Waals surface area (Å²) < 4.78 is 0. The molecular formula is C17H30OSi. The summed E-state index contributed by atoms with van der Waals surface area (Å²) in [6, 6.07) is 1.10. The Labute approximate surface area is 120 Å². The maximum atomic E-state index is 10.3. The van der Waals surface area contributed by atoms with E-state index in [1.54, 1.807) is 0 Å². The van der Waals surface area contributed by atoms with Gasteiger partial charge in [-0.3, -0.25) is 0 Å². The molecule has 0 bridgehead atoms. The summed E-state index contributed by atoms with van der Waals surface area (Å²) in [5, 5.41) is 10.3. The van der Waals surface area contributed by atoms with Crippen LogP contribution in [0.15, 0.2) is 35.5 Å². The number of hydrogen-bond donors (Lipinski definition) is 1. The lowest BCUT2D eigenvalue weighted by atomic mass is 9.97. The Hall–Kier alpha value is -0.603. The van der Waals surface area contributed by atoms with Crippen molar-refractivity contribution in [3.63, 3.8) is 0 Å². The summed E-state index contributed by atoms with van der Waals surface area (Å²) >= 11 is 0. The van der Waals surface area contributed by atoms with Gasteiger partial charge in [0.15, 0.2) is 0 Å². The van der Waals surface area contributed by atoms with Crippen LogP contribution in [0.3, 0.4) is 0 Å². The third-order valence-electron chi connectivity index (χ3n) is 3.41. The van der Waals surface area contributed by atoms with Gasteiger partial charge in [0.1, 0.15) is 0 Å². The van der Waals surface area contributed by atoms with Gasteiger partial charge in [-0.25, -0.2) is 0 Å². The van der Waals surface area contributed by atoms with E-state index < -0.39 is 13.7 Å². The van der Waals surface area contributed by atoms with Crippen LogP contribution in [0.25, 0.3) is 0 Å². The van der Waals surface area contributed by atoms with Gasteiger partial charge in [0.05, 0.1) is 5.60 Å². The SMILES string of the molecule is CC(C)(O)/C(=C/CCCC1=CCC=C1)C[Si](C)(C)C. The van der Waals surface area contributed by atoms with Gasteiger partial charge in [-0.05, 0) is 51.1 Å². The van der Waals surface area contributed by atoms with E-state index in [2.05, 4.69) is 43.9 Å². The first-order valence-corrected chi connectivity index (χ1v) is 11.2. The molecule has 0 aliphatic heterocycles. The lowest BCUT2D eigenvalue weighted by Gasteiger charge is -2.27. The second kappa shape index (κ2) is 6.71. The Morgan fingerprint density at radius 2 is 2.05 bits per heavy atom. The van der Waals surface area contributed by atoms with Gasteiger partial charge in [-0.15, -0.1) is 0 Å². The van der Waals surface area contributed by atoms with Crippen molar-refractivity contribution in [3.05, 3.63) is 35.5 Å². The molecule has 0 heterocycles. The summed E-state index contributed by atoms with van der Waals surface area (Å²) in [7, 11) is -1.17. The van der Waals surface area contributed by atoms with E-state index in [4.69, 9.17) is 0 Å². The van der Waals surface area contributed by atoms with Gasteiger partial charge in [-0.2, -0.15) is 0 Å². The maximum Gasteiger partial charge on any atom is 0.0797 e. The average molecular weight is 279 g/mol. The Kier molecular flexibility index (Phi) is 5.81. The monoisotopic (exact) mass is 278 g/mol. The minimum absolute atomic E-state index is 0.660. The van der Waals surface area contributed by atoms with Gasteiger partial charge in [0.25, 0.3) is 0 Å². The zero-order chi connectivity index (χ0) is 14.5. The third-order valence-corrected chi connectivity index (χ3v) is 4.86. The molecule has 0 aromatic heterocycles. The molecule has 1 rings (SSSR count). The highest BCUT2D eigenvalue weighted by atomic mass is 28.3. The van der Waals surface area contributed by atoms with Crippen molar-refractivity contribution in [1.82, 2.24) is 0 Å². The molecule has 0 spiro atoms. The van der Waals surface area contributed by atoms with Crippen LogP contribution in [0.4, 0.5) is 0 Å². The zero-order valence-electron chi connectivity index (χ0n) is 13.3. The third kappa shape index (κ3) is 6.93. The first kappa shape index (κ1) is 16.5. The van der Waals surface area contributed by atoms with Crippen molar-refractivity contribution in [2.45, 2.75) is 70.8 Å². The van der Waals surface area contributed by atoms with Crippen molar-refractivity contribution < 1.29 is 5.11 Å². The highest BCUT2D eigenvalue weighted by molar-refractivity contribution is 6.76. The van der Waals surface area contributed by atoms with E-state index in [0.29, 0.717) is 0 Å². The fraction of sp³-hybridized carbons (Fsp3) is 0.647. The van der Waals surface area contributed by atoms with Crippen molar-refractivity contribution in [2.75, 3.05) is 0 Å². The molecule has 0 saturated carbocycles. The predicted octanol–water partition coefficient (Wildman–Crippen LogP) is 5.08. The van der Waals surface area contributed by atoms with Crippen LogP contribution >= 0.6 is 0 Å². The number of aliphatic hydroxyl groups is 1. The van der Waals surface area contributed by atoms with E-state index in [-0.39, 0.29) is 0 Å². The Balaban J connectivity index is 2.50. The minimum atomic E-state index is -1.17. The zero-order valence-corrected chi connectivity index (χ0v) is 14.3. The Bertz CT molecular complexity index is 375. The molecule has 0 unspecified atom stereocenters.